The summed E-state index contributed by atoms with van der Waals surface area (Å²) in [6.07, 6.45) is 1.54. The topological polar surface area (TPSA) is 55.4 Å². The number of halogens is 1. The number of amides is 1. The average Bonchev–Trinajstić information content (AvgIpc) is 2.54. The summed E-state index contributed by atoms with van der Waals surface area (Å²) in [7, 11) is 0. The van der Waals surface area contributed by atoms with Crippen LogP contribution < -0.4 is 5.32 Å². The molecular formula is C18H16FNO3. The molecule has 0 bridgehead atoms. The Hall–Kier alpha value is -2.95. The summed E-state index contributed by atoms with van der Waals surface area (Å²) in [6.45, 7) is 1.30. The van der Waals surface area contributed by atoms with Crippen LogP contribution in [-0.2, 0) is 20.9 Å². The minimum atomic E-state index is -0.659. The molecule has 118 valence electrons. The quantitative estimate of drug-likeness (QED) is 0.682. The molecule has 2 aromatic carbocycles. The molecular weight excluding hydrogens is 297 g/mol. The first-order valence-corrected chi connectivity index (χ1v) is 7.00. The van der Waals surface area contributed by atoms with Crippen LogP contribution in [-0.4, -0.2) is 11.9 Å². The SMILES string of the molecule is CC(=O)N/C(=C/c1ccccc1)C(=O)OCc1ccc(F)cc1. The molecule has 2 rings (SSSR count). The van der Waals surface area contributed by atoms with Crippen LogP contribution in [0, 0.1) is 5.82 Å². The molecule has 5 heteroatoms. The van der Waals surface area contributed by atoms with Crippen molar-refractivity contribution in [2.24, 2.45) is 0 Å². The monoisotopic (exact) mass is 313 g/mol. The van der Waals surface area contributed by atoms with E-state index in [1.54, 1.807) is 12.1 Å². The highest BCUT2D eigenvalue weighted by molar-refractivity contribution is 5.97. The molecule has 0 saturated heterocycles. The third-order valence-electron chi connectivity index (χ3n) is 2.92. The third-order valence-corrected chi connectivity index (χ3v) is 2.92. The molecule has 0 atom stereocenters. The molecule has 2 aromatic rings. The minimum Gasteiger partial charge on any atom is -0.456 e. The zero-order valence-corrected chi connectivity index (χ0v) is 12.6. The maximum atomic E-state index is 12.8. The number of hydrogen-bond acceptors (Lipinski definition) is 3. The van der Waals surface area contributed by atoms with Gasteiger partial charge in [0.2, 0.25) is 5.91 Å². The Morgan fingerprint density at radius 1 is 1.09 bits per heavy atom. The molecule has 0 heterocycles. The van der Waals surface area contributed by atoms with Gasteiger partial charge in [0.1, 0.15) is 18.1 Å². The van der Waals surface area contributed by atoms with Gasteiger partial charge in [-0.05, 0) is 29.3 Å². The molecule has 0 aliphatic carbocycles. The van der Waals surface area contributed by atoms with E-state index >= 15 is 0 Å². The number of ether oxygens (including phenoxy) is 1. The normalized spacial score (nSPS) is 11.0. The summed E-state index contributed by atoms with van der Waals surface area (Å²) in [5.41, 5.74) is 1.46. The van der Waals surface area contributed by atoms with Gasteiger partial charge in [-0.3, -0.25) is 4.79 Å². The van der Waals surface area contributed by atoms with E-state index in [1.165, 1.54) is 37.3 Å². The Bertz CT molecular complexity index is 709. The molecule has 0 aromatic heterocycles. The molecule has 0 aliphatic rings. The largest absolute Gasteiger partial charge is 0.456 e. The van der Waals surface area contributed by atoms with E-state index in [-0.39, 0.29) is 24.0 Å². The number of esters is 1. The smallest absolute Gasteiger partial charge is 0.355 e. The van der Waals surface area contributed by atoms with E-state index in [1.807, 2.05) is 18.2 Å². The minimum absolute atomic E-state index is 0.00910. The number of carbonyl (C=O) groups excluding carboxylic acids is 2. The van der Waals surface area contributed by atoms with Gasteiger partial charge in [0.15, 0.2) is 0 Å². The fraction of sp³-hybridized carbons (Fsp3) is 0.111. The van der Waals surface area contributed by atoms with Gasteiger partial charge >= 0.3 is 5.97 Å². The average molecular weight is 313 g/mol. The van der Waals surface area contributed by atoms with E-state index in [0.29, 0.717) is 5.56 Å². The van der Waals surface area contributed by atoms with Gasteiger partial charge in [-0.2, -0.15) is 0 Å². The van der Waals surface area contributed by atoms with Crippen LogP contribution in [0.2, 0.25) is 0 Å². The lowest BCUT2D eigenvalue weighted by atomic mass is 10.2. The molecule has 0 spiro atoms. The van der Waals surface area contributed by atoms with Crippen LogP contribution in [0.25, 0.3) is 6.08 Å². The molecule has 1 amide bonds. The van der Waals surface area contributed by atoms with Crippen molar-refractivity contribution < 1.29 is 18.7 Å². The van der Waals surface area contributed by atoms with Gasteiger partial charge in [0.05, 0.1) is 0 Å². The van der Waals surface area contributed by atoms with Gasteiger partial charge in [-0.1, -0.05) is 42.5 Å². The summed E-state index contributed by atoms with van der Waals surface area (Å²) in [4.78, 5) is 23.4. The second-order valence-corrected chi connectivity index (χ2v) is 4.85. The first kappa shape index (κ1) is 16.4. The van der Waals surface area contributed by atoms with Crippen molar-refractivity contribution in [3.63, 3.8) is 0 Å². The second kappa shape index (κ2) is 7.89. The van der Waals surface area contributed by atoms with Crippen LogP contribution in [0.5, 0.6) is 0 Å². The Morgan fingerprint density at radius 2 is 1.74 bits per heavy atom. The molecule has 23 heavy (non-hydrogen) atoms. The highest BCUT2D eigenvalue weighted by Crippen LogP contribution is 2.09. The summed E-state index contributed by atoms with van der Waals surface area (Å²) in [5.74, 6) is -1.39. The number of hydrogen-bond donors (Lipinski definition) is 1. The standard InChI is InChI=1S/C18H16FNO3/c1-13(21)20-17(11-14-5-3-2-4-6-14)18(22)23-12-15-7-9-16(19)10-8-15/h2-11H,12H2,1H3,(H,20,21)/b17-11+. The highest BCUT2D eigenvalue weighted by Gasteiger charge is 2.13. The fourth-order valence-corrected chi connectivity index (χ4v) is 1.86. The molecule has 4 nitrogen and oxygen atoms in total. The van der Waals surface area contributed by atoms with Gasteiger partial charge in [-0.25, -0.2) is 9.18 Å². The van der Waals surface area contributed by atoms with Gasteiger partial charge in [0, 0.05) is 6.92 Å². The van der Waals surface area contributed by atoms with E-state index in [9.17, 15) is 14.0 Å². The number of carbonyl (C=O) groups is 2. The van der Waals surface area contributed by atoms with Crippen LogP contribution in [0.4, 0.5) is 4.39 Å². The Balaban J connectivity index is 2.09. The van der Waals surface area contributed by atoms with Crippen LogP contribution in [0.1, 0.15) is 18.1 Å². The lowest BCUT2D eigenvalue weighted by molar-refractivity contribution is -0.141. The Kier molecular flexibility index (Phi) is 5.63. The predicted octanol–water partition coefficient (Wildman–Crippen LogP) is 3.05. The van der Waals surface area contributed by atoms with Gasteiger partial charge in [0.25, 0.3) is 0 Å². The zero-order valence-electron chi connectivity index (χ0n) is 12.6. The lowest BCUT2D eigenvalue weighted by Gasteiger charge is -2.09. The summed E-state index contributed by atoms with van der Waals surface area (Å²) < 4.78 is 18.0. The number of benzene rings is 2. The predicted molar refractivity (Wildman–Crippen MR) is 84.4 cm³/mol. The number of nitrogens with one attached hydrogen (secondary N) is 1. The maximum absolute atomic E-state index is 12.8. The molecule has 0 radical (unpaired) electrons. The van der Waals surface area contributed by atoms with Crippen molar-refractivity contribution >= 4 is 18.0 Å². The Morgan fingerprint density at radius 3 is 2.35 bits per heavy atom. The van der Waals surface area contributed by atoms with Crippen molar-refractivity contribution in [2.75, 3.05) is 0 Å². The number of rotatable bonds is 5. The highest BCUT2D eigenvalue weighted by atomic mass is 19.1. The van der Waals surface area contributed by atoms with Crippen molar-refractivity contribution in [2.45, 2.75) is 13.5 Å². The molecule has 0 aliphatic heterocycles. The first-order valence-electron chi connectivity index (χ1n) is 7.00. The lowest BCUT2D eigenvalue weighted by Crippen LogP contribution is -2.26. The summed E-state index contributed by atoms with van der Waals surface area (Å²) in [6, 6.07) is 14.7. The van der Waals surface area contributed by atoms with Crippen molar-refractivity contribution in [3.05, 3.63) is 77.2 Å². The van der Waals surface area contributed by atoms with Gasteiger partial charge in [-0.15, -0.1) is 0 Å². The van der Waals surface area contributed by atoms with E-state index in [2.05, 4.69) is 5.32 Å². The second-order valence-electron chi connectivity index (χ2n) is 4.85. The first-order chi connectivity index (χ1) is 11.0. The summed E-state index contributed by atoms with van der Waals surface area (Å²) in [5, 5.41) is 2.46. The van der Waals surface area contributed by atoms with E-state index < -0.39 is 5.97 Å². The zero-order chi connectivity index (χ0) is 16.7. The van der Waals surface area contributed by atoms with Crippen LogP contribution in [0.3, 0.4) is 0 Å². The van der Waals surface area contributed by atoms with Gasteiger partial charge < -0.3 is 10.1 Å². The van der Waals surface area contributed by atoms with Crippen LogP contribution >= 0.6 is 0 Å². The summed E-state index contributed by atoms with van der Waals surface area (Å²) >= 11 is 0. The van der Waals surface area contributed by atoms with Crippen LogP contribution in [0.15, 0.2) is 60.3 Å². The van der Waals surface area contributed by atoms with E-state index in [4.69, 9.17) is 4.74 Å². The molecule has 0 fully saturated rings. The Labute approximate surface area is 133 Å². The molecule has 1 N–H and O–H groups in total. The van der Waals surface area contributed by atoms with E-state index in [0.717, 1.165) is 5.56 Å². The molecule has 0 unspecified atom stereocenters. The fourth-order valence-electron chi connectivity index (χ4n) is 1.86. The maximum Gasteiger partial charge on any atom is 0.355 e. The molecule has 0 saturated carbocycles. The third kappa shape index (κ3) is 5.39. The van der Waals surface area contributed by atoms with Crippen molar-refractivity contribution in [1.29, 1.82) is 0 Å². The van der Waals surface area contributed by atoms with Crippen molar-refractivity contribution in [3.8, 4) is 0 Å². The van der Waals surface area contributed by atoms with Crippen molar-refractivity contribution in [1.82, 2.24) is 5.32 Å².